The van der Waals surface area contributed by atoms with Gasteiger partial charge in [0.25, 0.3) is 0 Å². The average Bonchev–Trinajstić information content (AvgIpc) is 2.95. The second-order valence-corrected chi connectivity index (χ2v) is 5.08. The molecule has 0 amide bonds. The maximum atomic E-state index is 6.01. The third-order valence-corrected chi connectivity index (χ3v) is 3.92. The van der Waals surface area contributed by atoms with Crippen molar-refractivity contribution in [2.45, 2.75) is 50.2 Å². The van der Waals surface area contributed by atoms with Crippen molar-refractivity contribution in [2.24, 2.45) is 16.6 Å². The maximum Gasteiger partial charge on any atom is 0.102 e. The van der Waals surface area contributed by atoms with E-state index in [4.69, 9.17) is 10.7 Å². The summed E-state index contributed by atoms with van der Waals surface area (Å²) >= 11 is 0. The first-order chi connectivity index (χ1) is 6.75. The number of likely N-dealkylation sites (N-methyl/N-ethyl adjacent to an activating group) is 1. The van der Waals surface area contributed by atoms with Crippen LogP contribution in [0.25, 0.3) is 0 Å². The Hall–Kier alpha value is -0.570. The number of rotatable bonds is 1. The van der Waals surface area contributed by atoms with Crippen LogP contribution in [0.2, 0.25) is 0 Å². The zero-order valence-corrected chi connectivity index (χ0v) is 8.82. The van der Waals surface area contributed by atoms with Crippen LogP contribution >= 0.6 is 0 Å². The fraction of sp³-hybridized carbons (Fsp3) is 0.909. The van der Waals surface area contributed by atoms with Crippen LogP contribution in [0.5, 0.6) is 0 Å². The fourth-order valence-corrected chi connectivity index (χ4v) is 2.89. The summed E-state index contributed by atoms with van der Waals surface area (Å²) in [5, 5.41) is 0. The molecule has 0 aromatic carbocycles. The van der Waals surface area contributed by atoms with Crippen molar-refractivity contribution in [1.82, 2.24) is 4.90 Å². The molecule has 3 unspecified atom stereocenters. The summed E-state index contributed by atoms with van der Waals surface area (Å²) < 4.78 is 0. The molecule has 0 aromatic rings. The number of nitrogens with zero attached hydrogens (tertiary/aromatic N) is 2. The van der Waals surface area contributed by atoms with Gasteiger partial charge in [-0.15, -0.1) is 0 Å². The van der Waals surface area contributed by atoms with Crippen LogP contribution in [-0.2, 0) is 0 Å². The summed E-state index contributed by atoms with van der Waals surface area (Å²) in [4.78, 5) is 7.29. The van der Waals surface area contributed by atoms with Gasteiger partial charge in [0.2, 0.25) is 0 Å². The van der Waals surface area contributed by atoms with Gasteiger partial charge in [-0.3, -0.25) is 4.99 Å². The van der Waals surface area contributed by atoms with E-state index in [2.05, 4.69) is 11.9 Å². The van der Waals surface area contributed by atoms with Crippen LogP contribution < -0.4 is 5.73 Å². The molecule has 3 rings (SSSR count). The standard InChI is InChI=1S/C11H19N3/c1-14-10-6-8(12)4-5-9(10)13-11(14)7-2-3-7/h7-10H,2-6,12H2,1H3. The van der Waals surface area contributed by atoms with Gasteiger partial charge < -0.3 is 10.6 Å². The Morgan fingerprint density at radius 1 is 1.29 bits per heavy atom. The molecule has 3 heteroatoms. The van der Waals surface area contributed by atoms with Crippen molar-refractivity contribution in [3.8, 4) is 0 Å². The molecule has 3 nitrogen and oxygen atoms in total. The van der Waals surface area contributed by atoms with Gasteiger partial charge in [0, 0.05) is 19.0 Å². The van der Waals surface area contributed by atoms with Crippen LogP contribution in [-0.4, -0.2) is 35.9 Å². The zero-order chi connectivity index (χ0) is 9.71. The van der Waals surface area contributed by atoms with Crippen molar-refractivity contribution < 1.29 is 0 Å². The van der Waals surface area contributed by atoms with E-state index >= 15 is 0 Å². The predicted molar refractivity (Wildman–Crippen MR) is 57.3 cm³/mol. The lowest BCUT2D eigenvalue weighted by atomic mass is 9.88. The lowest BCUT2D eigenvalue weighted by molar-refractivity contribution is 0.253. The summed E-state index contributed by atoms with van der Waals surface area (Å²) in [7, 11) is 2.21. The highest BCUT2D eigenvalue weighted by atomic mass is 15.3. The fourth-order valence-electron chi connectivity index (χ4n) is 2.89. The second kappa shape index (κ2) is 2.96. The molecule has 78 valence electrons. The quantitative estimate of drug-likeness (QED) is 0.674. The van der Waals surface area contributed by atoms with Gasteiger partial charge in [0.1, 0.15) is 5.84 Å². The molecule has 0 saturated heterocycles. The molecule has 2 fully saturated rings. The molecule has 1 heterocycles. The Balaban J connectivity index is 1.79. The van der Waals surface area contributed by atoms with E-state index < -0.39 is 0 Å². The SMILES string of the molecule is CN1C(C2CC2)=NC2CCC(N)CC21. The van der Waals surface area contributed by atoms with E-state index in [9.17, 15) is 0 Å². The molecule has 0 radical (unpaired) electrons. The van der Waals surface area contributed by atoms with Crippen molar-refractivity contribution in [3.05, 3.63) is 0 Å². The Bertz CT molecular complexity index is 270. The molecule has 3 aliphatic rings. The minimum atomic E-state index is 0.410. The minimum absolute atomic E-state index is 0.410. The Labute approximate surface area is 85.4 Å². The summed E-state index contributed by atoms with van der Waals surface area (Å²) in [6.45, 7) is 0. The van der Waals surface area contributed by atoms with Gasteiger partial charge in [-0.05, 0) is 32.1 Å². The number of hydrogen-bond acceptors (Lipinski definition) is 3. The largest absolute Gasteiger partial charge is 0.358 e. The first kappa shape index (κ1) is 8.72. The lowest BCUT2D eigenvalue weighted by Crippen LogP contribution is -2.45. The maximum absolute atomic E-state index is 6.01. The first-order valence-electron chi connectivity index (χ1n) is 5.82. The van der Waals surface area contributed by atoms with Crippen LogP contribution in [0.4, 0.5) is 0 Å². The van der Waals surface area contributed by atoms with Gasteiger partial charge in [-0.2, -0.15) is 0 Å². The van der Waals surface area contributed by atoms with Gasteiger partial charge in [0.15, 0.2) is 0 Å². The van der Waals surface area contributed by atoms with Crippen molar-refractivity contribution in [3.63, 3.8) is 0 Å². The van der Waals surface area contributed by atoms with E-state index in [1.54, 1.807) is 0 Å². The highest BCUT2D eigenvalue weighted by Crippen LogP contribution is 2.38. The van der Waals surface area contributed by atoms with Crippen molar-refractivity contribution >= 4 is 5.84 Å². The number of aliphatic imine (C=N–C) groups is 1. The van der Waals surface area contributed by atoms with Gasteiger partial charge >= 0.3 is 0 Å². The first-order valence-corrected chi connectivity index (χ1v) is 5.82. The molecular formula is C11H19N3. The Morgan fingerprint density at radius 3 is 2.79 bits per heavy atom. The number of amidine groups is 1. The van der Waals surface area contributed by atoms with Gasteiger partial charge in [0.05, 0.1) is 12.1 Å². The highest BCUT2D eigenvalue weighted by molar-refractivity contribution is 5.88. The molecule has 2 N–H and O–H groups in total. The summed E-state index contributed by atoms with van der Waals surface area (Å²) in [6.07, 6.45) is 6.22. The zero-order valence-electron chi connectivity index (χ0n) is 8.82. The van der Waals surface area contributed by atoms with Gasteiger partial charge in [-0.1, -0.05) is 0 Å². The summed E-state index contributed by atoms with van der Waals surface area (Å²) in [5.41, 5.74) is 6.01. The third-order valence-electron chi connectivity index (χ3n) is 3.92. The van der Waals surface area contributed by atoms with Crippen LogP contribution in [0.3, 0.4) is 0 Å². The minimum Gasteiger partial charge on any atom is -0.358 e. The van der Waals surface area contributed by atoms with Crippen LogP contribution in [0, 0.1) is 5.92 Å². The number of hydrogen-bond donors (Lipinski definition) is 1. The number of nitrogens with two attached hydrogens (primary N) is 1. The molecule has 2 aliphatic carbocycles. The molecule has 2 saturated carbocycles. The van der Waals surface area contributed by atoms with Crippen LogP contribution in [0.15, 0.2) is 4.99 Å². The second-order valence-electron chi connectivity index (χ2n) is 5.08. The van der Waals surface area contributed by atoms with Gasteiger partial charge in [-0.25, -0.2) is 0 Å². The normalized spacial score (nSPS) is 42.3. The van der Waals surface area contributed by atoms with E-state index in [0.29, 0.717) is 18.1 Å². The average molecular weight is 193 g/mol. The van der Waals surface area contributed by atoms with E-state index in [-0.39, 0.29) is 0 Å². The molecule has 14 heavy (non-hydrogen) atoms. The topological polar surface area (TPSA) is 41.6 Å². The van der Waals surface area contributed by atoms with E-state index in [1.807, 2.05) is 0 Å². The molecule has 0 aromatic heterocycles. The van der Waals surface area contributed by atoms with Crippen LogP contribution in [0.1, 0.15) is 32.1 Å². The molecule has 3 atom stereocenters. The predicted octanol–water partition coefficient (Wildman–Crippen LogP) is 0.989. The third kappa shape index (κ3) is 1.26. The van der Waals surface area contributed by atoms with E-state index in [0.717, 1.165) is 18.8 Å². The molecule has 1 aliphatic heterocycles. The summed E-state index contributed by atoms with van der Waals surface area (Å²) in [5.74, 6) is 2.18. The number of fused-ring (bicyclic) bond motifs is 1. The smallest absolute Gasteiger partial charge is 0.102 e. The lowest BCUT2D eigenvalue weighted by Gasteiger charge is -2.33. The van der Waals surface area contributed by atoms with Crippen molar-refractivity contribution in [1.29, 1.82) is 0 Å². The molecule has 0 bridgehead atoms. The monoisotopic (exact) mass is 193 g/mol. The molecule has 0 spiro atoms. The summed E-state index contributed by atoms with van der Waals surface area (Å²) in [6, 6.07) is 1.59. The molecular weight excluding hydrogens is 174 g/mol. The highest BCUT2D eigenvalue weighted by Gasteiger charge is 2.42. The van der Waals surface area contributed by atoms with E-state index in [1.165, 1.54) is 25.1 Å². The van der Waals surface area contributed by atoms with Crippen molar-refractivity contribution in [2.75, 3.05) is 7.05 Å². The Kier molecular flexibility index (Phi) is 1.84. The Morgan fingerprint density at radius 2 is 2.07 bits per heavy atom.